The summed E-state index contributed by atoms with van der Waals surface area (Å²) < 4.78 is 16.2. The largest absolute Gasteiger partial charge is 0.486 e. The first-order valence-electron chi connectivity index (χ1n) is 8.31. The molecular weight excluding hydrogens is 326 g/mol. The van der Waals surface area contributed by atoms with Gasteiger partial charge in [0.15, 0.2) is 11.5 Å². The molecule has 1 aromatic carbocycles. The number of amides is 2. The van der Waals surface area contributed by atoms with Crippen LogP contribution in [0.3, 0.4) is 0 Å². The van der Waals surface area contributed by atoms with Gasteiger partial charge < -0.3 is 29.3 Å². The van der Waals surface area contributed by atoms with Crippen molar-refractivity contribution in [3.63, 3.8) is 0 Å². The minimum absolute atomic E-state index is 0.0460. The number of hydrogen-bond donors (Lipinski definition) is 1. The Morgan fingerprint density at radius 1 is 1.32 bits per heavy atom. The van der Waals surface area contributed by atoms with Crippen LogP contribution in [0.1, 0.15) is 6.42 Å². The first kappa shape index (κ1) is 17.3. The van der Waals surface area contributed by atoms with Gasteiger partial charge in [-0.2, -0.15) is 0 Å². The predicted molar refractivity (Wildman–Crippen MR) is 91.2 cm³/mol. The van der Waals surface area contributed by atoms with Crippen LogP contribution in [0.2, 0.25) is 0 Å². The van der Waals surface area contributed by atoms with E-state index in [9.17, 15) is 9.59 Å². The Morgan fingerprint density at radius 2 is 2.08 bits per heavy atom. The maximum absolute atomic E-state index is 12.3. The lowest BCUT2D eigenvalue weighted by Crippen LogP contribution is -2.38. The van der Waals surface area contributed by atoms with E-state index in [0.29, 0.717) is 44.4 Å². The number of ether oxygens (including phenoxy) is 3. The number of carbonyl (C=O) groups is 2. The second-order valence-electron chi connectivity index (χ2n) is 6.32. The van der Waals surface area contributed by atoms with Crippen LogP contribution in [0.25, 0.3) is 0 Å². The van der Waals surface area contributed by atoms with Gasteiger partial charge in [-0.15, -0.1) is 0 Å². The van der Waals surface area contributed by atoms with Crippen molar-refractivity contribution in [3.8, 4) is 11.5 Å². The molecule has 0 aliphatic carbocycles. The monoisotopic (exact) mass is 349 g/mol. The lowest BCUT2D eigenvalue weighted by Gasteiger charge is -2.22. The smallest absolute Gasteiger partial charge is 0.407 e. The molecule has 2 heterocycles. The fraction of sp³-hybridized carbons (Fsp3) is 0.529. The van der Waals surface area contributed by atoms with Crippen molar-refractivity contribution < 1.29 is 23.8 Å². The van der Waals surface area contributed by atoms with Gasteiger partial charge in [0, 0.05) is 31.3 Å². The molecule has 2 aliphatic rings. The molecule has 1 atom stereocenters. The van der Waals surface area contributed by atoms with E-state index >= 15 is 0 Å². The molecule has 2 aliphatic heterocycles. The molecule has 1 N–H and O–H groups in total. The Morgan fingerprint density at radius 3 is 2.84 bits per heavy atom. The van der Waals surface area contributed by atoms with E-state index in [1.807, 2.05) is 25.1 Å². The van der Waals surface area contributed by atoms with Crippen LogP contribution in [0, 0.1) is 0 Å². The summed E-state index contributed by atoms with van der Waals surface area (Å²) in [6.07, 6.45) is -0.249. The third-order valence-electron chi connectivity index (χ3n) is 4.06. The Hall–Kier alpha value is -2.48. The van der Waals surface area contributed by atoms with Crippen LogP contribution >= 0.6 is 0 Å². The van der Waals surface area contributed by atoms with Crippen molar-refractivity contribution in [2.24, 2.45) is 0 Å². The van der Waals surface area contributed by atoms with Gasteiger partial charge in [0.1, 0.15) is 19.8 Å². The molecule has 0 bridgehead atoms. The number of likely N-dealkylation sites (N-methyl/N-ethyl adjacent to an activating group) is 1. The van der Waals surface area contributed by atoms with Gasteiger partial charge in [0.2, 0.25) is 5.91 Å². The molecule has 0 unspecified atom stereocenters. The minimum atomic E-state index is -0.497. The normalized spacial score (nSPS) is 19.2. The summed E-state index contributed by atoms with van der Waals surface area (Å²) in [7, 11) is 3.81. The van der Waals surface area contributed by atoms with Gasteiger partial charge in [-0.3, -0.25) is 4.79 Å². The highest BCUT2D eigenvalue weighted by Crippen LogP contribution is 2.35. The lowest BCUT2D eigenvalue weighted by molar-refractivity contribution is -0.117. The Balaban J connectivity index is 1.56. The summed E-state index contributed by atoms with van der Waals surface area (Å²) in [5.41, 5.74) is 0.736. The molecule has 0 saturated carbocycles. The molecule has 0 spiro atoms. The van der Waals surface area contributed by atoms with E-state index in [1.165, 1.54) is 0 Å². The molecule has 136 valence electrons. The fourth-order valence-corrected chi connectivity index (χ4v) is 2.78. The number of nitrogens with one attached hydrogen (secondary N) is 1. The van der Waals surface area contributed by atoms with E-state index in [1.54, 1.807) is 17.0 Å². The lowest BCUT2D eigenvalue weighted by atomic mass is 10.2. The summed E-state index contributed by atoms with van der Waals surface area (Å²) >= 11 is 0. The van der Waals surface area contributed by atoms with Crippen LogP contribution in [-0.2, 0) is 9.53 Å². The number of fused-ring (bicyclic) bond motifs is 1. The highest BCUT2D eigenvalue weighted by atomic mass is 16.6. The standard InChI is InChI=1S/C17H23N3O5/c1-19(2)5-6-25-17(22)18-12-9-16(21)20(11-12)13-3-4-14-15(10-13)24-8-7-23-14/h3-4,10,12H,5-9,11H2,1-2H3,(H,18,22)/t12-/m1/s1. The summed E-state index contributed by atoms with van der Waals surface area (Å²) in [5.74, 6) is 1.27. The van der Waals surface area contributed by atoms with Crippen LogP contribution in [-0.4, -0.2) is 69.9 Å². The zero-order valence-corrected chi connectivity index (χ0v) is 14.5. The first-order valence-corrected chi connectivity index (χ1v) is 8.31. The van der Waals surface area contributed by atoms with Crippen LogP contribution in [0.4, 0.5) is 10.5 Å². The van der Waals surface area contributed by atoms with E-state index in [2.05, 4.69) is 5.32 Å². The Labute approximate surface area is 146 Å². The number of nitrogens with zero attached hydrogens (tertiary/aromatic N) is 2. The first-order chi connectivity index (χ1) is 12.0. The average molecular weight is 349 g/mol. The molecule has 8 nitrogen and oxygen atoms in total. The summed E-state index contributed by atoms with van der Waals surface area (Å²) in [5, 5.41) is 2.75. The number of alkyl carbamates (subject to hydrolysis) is 1. The van der Waals surface area contributed by atoms with Crippen molar-refractivity contribution in [2.75, 3.05) is 51.9 Å². The molecule has 0 aromatic heterocycles. The maximum atomic E-state index is 12.3. The zero-order chi connectivity index (χ0) is 17.8. The summed E-state index contributed by atoms with van der Waals surface area (Å²) in [6, 6.07) is 5.15. The van der Waals surface area contributed by atoms with Crippen molar-refractivity contribution in [1.82, 2.24) is 10.2 Å². The number of hydrogen-bond acceptors (Lipinski definition) is 6. The molecule has 1 aromatic rings. The van der Waals surface area contributed by atoms with E-state index in [-0.39, 0.29) is 18.4 Å². The van der Waals surface area contributed by atoms with E-state index in [4.69, 9.17) is 14.2 Å². The second-order valence-corrected chi connectivity index (χ2v) is 6.32. The third kappa shape index (κ3) is 4.33. The second kappa shape index (κ2) is 7.60. The Kier molecular flexibility index (Phi) is 5.28. The molecule has 1 saturated heterocycles. The highest BCUT2D eigenvalue weighted by Gasteiger charge is 2.32. The van der Waals surface area contributed by atoms with Crippen molar-refractivity contribution in [3.05, 3.63) is 18.2 Å². The molecule has 0 radical (unpaired) electrons. The third-order valence-corrected chi connectivity index (χ3v) is 4.06. The van der Waals surface area contributed by atoms with Gasteiger partial charge in [0.05, 0.1) is 6.04 Å². The number of rotatable bonds is 5. The molecule has 2 amide bonds. The summed E-state index contributed by atoms with van der Waals surface area (Å²) in [6.45, 7) is 2.39. The number of carbonyl (C=O) groups excluding carboxylic acids is 2. The topological polar surface area (TPSA) is 80.3 Å². The average Bonchev–Trinajstić information content (AvgIpc) is 2.94. The van der Waals surface area contributed by atoms with Gasteiger partial charge in [-0.05, 0) is 26.2 Å². The van der Waals surface area contributed by atoms with E-state index < -0.39 is 6.09 Å². The maximum Gasteiger partial charge on any atom is 0.407 e. The van der Waals surface area contributed by atoms with Gasteiger partial charge >= 0.3 is 6.09 Å². The summed E-state index contributed by atoms with van der Waals surface area (Å²) in [4.78, 5) is 27.7. The zero-order valence-electron chi connectivity index (χ0n) is 14.5. The van der Waals surface area contributed by atoms with Gasteiger partial charge in [-0.1, -0.05) is 0 Å². The van der Waals surface area contributed by atoms with Crippen molar-refractivity contribution in [1.29, 1.82) is 0 Å². The molecular formula is C17H23N3O5. The molecule has 3 rings (SSSR count). The van der Waals surface area contributed by atoms with Crippen molar-refractivity contribution in [2.45, 2.75) is 12.5 Å². The molecule has 8 heteroatoms. The molecule has 1 fully saturated rings. The fourth-order valence-electron chi connectivity index (χ4n) is 2.78. The van der Waals surface area contributed by atoms with Crippen LogP contribution < -0.4 is 19.7 Å². The van der Waals surface area contributed by atoms with Crippen molar-refractivity contribution >= 4 is 17.7 Å². The van der Waals surface area contributed by atoms with E-state index in [0.717, 1.165) is 5.69 Å². The predicted octanol–water partition coefficient (Wildman–Crippen LogP) is 0.851. The quantitative estimate of drug-likeness (QED) is 0.849. The number of benzene rings is 1. The SMILES string of the molecule is CN(C)CCOC(=O)N[C@@H]1CC(=O)N(c2ccc3c(c2)OCCO3)C1. The van der Waals surface area contributed by atoms with Crippen LogP contribution in [0.15, 0.2) is 18.2 Å². The Bertz CT molecular complexity index is 649. The number of anilines is 1. The van der Waals surface area contributed by atoms with Gasteiger partial charge in [-0.25, -0.2) is 4.79 Å². The molecule has 25 heavy (non-hydrogen) atoms. The highest BCUT2D eigenvalue weighted by molar-refractivity contribution is 5.97. The minimum Gasteiger partial charge on any atom is -0.486 e. The van der Waals surface area contributed by atoms with Crippen LogP contribution in [0.5, 0.6) is 11.5 Å². The van der Waals surface area contributed by atoms with Gasteiger partial charge in [0.25, 0.3) is 0 Å².